The molecule has 0 aliphatic carbocycles. The summed E-state index contributed by atoms with van der Waals surface area (Å²) in [5.74, 6) is 1.16. The van der Waals surface area contributed by atoms with Gasteiger partial charge in [-0.15, -0.1) is 10.2 Å². The van der Waals surface area contributed by atoms with Crippen LogP contribution in [0.1, 0.15) is 64.1 Å². The first-order valence-electron chi connectivity index (χ1n) is 10.7. The van der Waals surface area contributed by atoms with E-state index in [4.69, 9.17) is 4.74 Å². The number of rotatable bonds is 9. The topological polar surface area (TPSA) is 69.0 Å². The highest BCUT2D eigenvalue weighted by atomic mass is 32.2. The number of nitrogens with zero attached hydrogens (tertiary/aromatic N) is 3. The molecule has 2 aromatic carbocycles. The zero-order valence-electron chi connectivity index (χ0n) is 19.0. The summed E-state index contributed by atoms with van der Waals surface area (Å²) in [6.45, 7) is 10.3. The summed E-state index contributed by atoms with van der Waals surface area (Å²) in [6.07, 6.45) is -0.327. The lowest BCUT2D eigenvalue weighted by atomic mass is 10.0. The largest absolute Gasteiger partial charge is 0.482 e. The molecule has 1 atom stereocenters. The van der Waals surface area contributed by atoms with Crippen LogP contribution >= 0.6 is 11.8 Å². The SMILES string of the molecule is CC(C)c1ccccc1OC(C)c1nnc(SCC(=O)Nc2ccccc2F)n1C(C)C. The fourth-order valence-electron chi connectivity index (χ4n) is 3.34. The lowest BCUT2D eigenvalue weighted by Gasteiger charge is -2.21. The number of amides is 1. The van der Waals surface area contributed by atoms with Crippen LogP contribution in [0.2, 0.25) is 0 Å². The minimum Gasteiger partial charge on any atom is -0.482 e. The van der Waals surface area contributed by atoms with Gasteiger partial charge in [0.2, 0.25) is 5.91 Å². The van der Waals surface area contributed by atoms with Gasteiger partial charge in [0.05, 0.1) is 11.4 Å². The molecule has 1 unspecified atom stereocenters. The Morgan fingerprint density at radius 1 is 1.06 bits per heavy atom. The Balaban J connectivity index is 1.72. The molecule has 0 saturated heterocycles. The van der Waals surface area contributed by atoms with E-state index in [1.54, 1.807) is 12.1 Å². The third kappa shape index (κ3) is 5.68. The summed E-state index contributed by atoms with van der Waals surface area (Å²) in [4.78, 5) is 12.3. The lowest BCUT2D eigenvalue weighted by molar-refractivity contribution is -0.113. The molecule has 0 bridgehead atoms. The van der Waals surface area contributed by atoms with E-state index in [0.29, 0.717) is 16.9 Å². The zero-order valence-corrected chi connectivity index (χ0v) is 19.8. The van der Waals surface area contributed by atoms with Crippen molar-refractivity contribution in [3.8, 4) is 5.75 Å². The van der Waals surface area contributed by atoms with Crippen molar-refractivity contribution in [2.24, 2.45) is 0 Å². The Bertz CT molecular complexity index is 1070. The highest BCUT2D eigenvalue weighted by molar-refractivity contribution is 7.99. The van der Waals surface area contributed by atoms with Crippen LogP contribution in [0.4, 0.5) is 10.1 Å². The zero-order chi connectivity index (χ0) is 23.3. The molecule has 32 heavy (non-hydrogen) atoms. The van der Waals surface area contributed by atoms with Gasteiger partial charge in [-0.25, -0.2) is 4.39 Å². The van der Waals surface area contributed by atoms with Crippen LogP contribution in [0.5, 0.6) is 5.75 Å². The van der Waals surface area contributed by atoms with Gasteiger partial charge in [0, 0.05) is 6.04 Å². The van der Waals surface area contributed by atoms with Gasteiger partial charge in [-0.3, -0.25) is 4.79 Å². The van der Waals surface area contributed by atoms with E-state index in [1.807, 2.05) is 43.5 Å². The highest BCUT2D eigenvalue weighted by Crippen LogP contribution is 2.31. The Kier molecular flexibility index (Phi) is 7.90. The predicted molar refractivity (Wildman–Crippen MR) is 126 cm³/mol. The Morgan fingerprint density at radius 2 is 1.75 bits per heavy atom. The number of ether oxygens (including phenoxy) is 1. The van der Waals surface area contributed by atoms with E-state index >= 15 is 0 Å². The second kappa shape index (κ2) is 10.6. The molecular formula is C24H29FN4O2S. The molecule has 0 aliphatic rings. The molecule has 1 N–H and O–H groups in total. The molecule has 1 aromatic heterocycles. The van der Waals surface area contributed by atoms with Crippen molar-refractivity contribution in [3.05, 3.63) is 65.7 Å². The summed E-state index contributed by atoms with van der Waals surface area (Å²) >= 11 is 1.26. The number of aromatic nitrogens is 3. The predicted octanol–water partition coefficient (Wildman–Crippen LogP) is 5.99. The van der Waals surface area contributed by atoms with Crippen LogP contribution in [-0.4, -0.2) is 26.4 Å². The minimum atomic E-state index is -0.467. The third-order valence-electron chi connectivity index (χ3n) is 4.90. The number of carbonyl (C=O) groups excluding carboxylic acids is 1. The van der Waals surface area contributed by atoms with E-state index in [2.05, 4.69) is 35.4 Å². The molecule has 0 spiro atoms. The van der Waals surface area contributed by atoms with Gasteiger partial charge in [0.1, 0.15) is 11.6 Å². The number of hydrogen-bond acceptors (Lipinski definition) is 5. The summed E-state index contributed by atoms with van der Waals surface area (Å²) in [7, 11) is 0. The minimum absolute atomic E-state index is 0.0727. The van der Waals surface area contributed by atoms with Gasteiger partial charge in [0.15, 0.2) is 17.1 Å². The number of hydrogen-bond donors (Lipinski definition) is 1. The van der Waals surface area contributed by atoms with E-state index in [0.717, 1.165) is 11.3 Å². The van der Waals surface area contributed by atoms with E-state index < -0.39 is 5.82 Å². The maximum Gasteiger partial charge on any atom is 0.234 e. The van der Waals surface area contributed by atoms with Crippen LogP contribution in [0.25, 0.3) is 0 Å². The molecular weight excluding hydrogens is 427 g/mol. The van der Waals surface area contributed by atoms with E-state index in [1.165, 1.54) is 23.9 Å². The van der Waals surface area contributed by atoms with Gasteiger partial charge in [-0.1, -0.05) is 55.9 Å². The molecule has 170 valence electrons. The second-order valence-corrected chi connectivity index (χ2v) is 9.02. The van der Waals surface area contributed by atoms with Crippen molar-refractivity contribution in [1.82, 2.24) is 14.8 Å². The number of carbonyl (C=O) groups is 1. The fourth-order valence-corrected chi connectivity index (χ4v) is 4.21. The maximum absolute atomic E-state index is 13.8. The number of para-hydroxylation sites is 2. The van der Waals surface area contributed by atoms with Gasteiger partial charge >= 0.3 is 0 Å². The maximum atomic E-state index is 13.8. The van der Waals surface area contributed by atoms with Crippen LogP contribution in [0.3, 0.4) is 0 Å². The first-order valence-corrected chi connectivity index (χ1v) is 11.6. The van der Waals surface area contributed by atoms with Crippen LogP contribution in [0, 0.1) is 5.82 Å². The summed E-state index contributed by atoms with van der Waals surface area (Å²) < 4.78 is 22.0. The van der Waals surface area contributed by atoms with Crippen molar-refractivity contribution in [2.45, 2.75) is 57.8 Å². The summed E-state index contributed by atoms with van der Waals surface area (Å²) in [5, 5.41) is 11.9. The van der Waals surface area contributed by atoms with Crippen molar-refractivity contribution in [1.29, 1.82) is 0 Å². The lowest BCUT2D eigenvalue weighted by Crippen LogP contribution is -2.17. The quantitative estimate of drug-likeness (QED) is 0.400. The molecule has 0 saturated carbocycles. The van der Waals surface area contributed by atoms with Crippen molar-refractivity contribution in [3.63, 3.8) is 0 Å². The normalized spacial score (nSPS) is 12.2. The molecule has 6 nitrogen and oxygen atoms in total. The average Bonchev–Trinajstić information content (AvgIpc) is 3.19. The van der Waals surface area contributed by atoms with E-state index in [9.17, 15) is 9.18 Å². The number of nitrogens with one attached hydrogen (secondary N) is 1. The first-order chi connectivity index (χ1) is 15.3. The van der Waals surface area contributed by atoms with E-state index in [-0.39, 0.29) is 29.5 Å². The summed E-state index contributed by atoms with van der Waals surface area (Å²) in [5.41, 5.74) is 1.30. The molecule has 3 rings (SSSR count). The Labute approximate surface area is 192 Å². The molecule has 0 radical (unpaired) electrons. The number of anilines is 1. The van der Waals surface area contributed by atoms with Crippen LogP contribution in [0.15, 0.2) is 53.7 Å². The molecule has 1 heterocycles. The molecule has 3 aromatic rings. The van der Waals surface area contributed by atoms with Crippen LogP contribution in [-0.2, 0) is 4.79 Å². The summed E-state index contributed by atoms with van der Waals surface area (Å²) in [6, 6.07) is 14.1. The van der Waals surface area contributed by atoms with Gasteiger partial charge < -0.3 is 14.6 Å². The van der Waals surface area contributed by atoms with Gasteiger partial charge in [-0.05, 0) is 50.5 Å². The second-order valence-electron chi connectivity index (χ2n) is 8.07. The average molecular weight is 457 g/mol. The molecule has 8 heteroatoms. The first kappa shape index (κ1) is 23.8. The third-order valence-corrected chi connectivity index (χ3v) is 5.84. The standard InChI is InChI=1S/C24H29FN4O2S/c1-15(2)18-10-6-9-13-21(18)31-17(5)23-27-28-24(29(23)16(3)4)32-14-22(30)26-20-12-8-7-11-19(20)25/h6-13,15-17H,14H2,1-5H3,(H,26,30). The van der Waals surface area contributed by atoms with Gasteiger partial charge in [-0.2, -0.15) is 0 Å². The number of benzene rings is 2. The number of halogens is 1. The number of thioether (sulfide) groups is 1. The fraction of sp³-hybridized carbons (Fsp3) is 0.375. The van der Waals surface area contributed by atoms with Crippen molar-refractivity contribution in [2.75, 3.05) is 11.1 Å². The van der Waals surface area contributed by atoms with Crippen molar-refractivity contribution >= 4 is 23.4 Å². The molecule has 1 amide bonds. The molecule has 0 aliphatic heterocycles. The van der Waals surface area contributed by atoms with Gasteiger partial charge in [0.25, 0.3) is 0 Å². The van der Waals surface area contributed by atoms with Crippen LogP contribution < -0.4 is 10.1 Å². The Hall–Kier alpha value is -2.87. The Morgan fingerprint density at radius 3 is 2.44 bits per heavy atom. The smallest absolute Gasteiger partial charge is 0.234 e. The molecule has 0 fully saturated rings. The monoisotopic (exact) mass is 456 g/mol. The van der Waals surface area contributed by atoms with Crippen molar-refractivity contribution < 1.29 is 13.9 Å². The highest BCUT2D eigenvalue weighted by Gasteiger charge is 2.23.